The van der Waals surface area contributed by atoms with Crippen molar-refractivity contribution in [2.24, 2.45) is 0 Å². The molecule has 0 saturated carbocycles. The number of nitrogens with zero attached hydrogens (tertiary/aromatic N) is 3. The van der Waals surface area contributed by atoms with Gasteiger partial charge in [-0.25, -0.2) is 4.98 Å². The lowest BCUT2D eigenvalue weighted by Gasteiger charge is -2.18. The quantitative estimate of drug-likeness (QED) is 0.909. The zero-order chi connectivity index (χ0) is 18.8. The number of hydrogen-bond donors (Lipinski definition) is 1. The minimum Gasteiger partial charge on any atom is -0.360 e. The highest BCUT2D eigenvalue weighted by Gasteiger charge is 2.33. The van der Waals surface area contributed by atoms with Crippen LogP contribution < -0.4 is 5.32 Å². The molecule has 10 heteroatoms. The average Bonchev–Trinajstić information content (AvgIpc) is 2.90. The van der Waals surface area contributed by atoms with E-state index in [1.807, 2.05) is 0 Å². The van der Waals surface area contributed by atoms with Crippen LogP contribution in [0.4, 0.5) is 19.0 Å². The van der Waals surface area contributed by atoms with Crippen LogP contribution in [0.2, 0.25) is 0 Å². The highest BCUT2D eigenvalue weighted by Crippen LogP contribution is 2.28. The van der Waals surface area contributed by atoms with E-state index in [2.05, 4.69) is 15.5 Å². The molecule has 0 atom stereocenters. The van der Waals surface area contributed by atoms with Gasteiger partial charge in [-0.2, -0.15) is 13.2 Å². The Balaban J connectivity index is 2.05. The number of aryl methyl sites for hydroxylation is 2. The number of carbonyl (C=O) groups is 2. The number of alkyl halides is 3. The predicted molar refractivity (Wildman–Crippen MR) is 80.8 cm³/mol. The largest absolute Gasteiger partial charge is 0.433 e. The maximum absolute atomic E-state index is 12.6. The molecule has 0 unspecified atom stereocenters. The summed E-state index contributed by atoms with van der Waals surface area (Å²) >= 11 is 0. The number of aromatic nitrogens is 2. The number of pyridine rings is 1. The average molecular weight is 356 g/mol. The number of nitrogens with one attached hydrogen (secondary N) is 1. The zero-order valence-electron chi connectivity index (χ0n) is 13.6. The van der Waals surface area contributed by atoms with Crippen molar-refractivity contribution < 1.29 is 27.3 Å². The summed E-state index contributed by atoms with van der Waals surface area (Å²) in [7, 11) is 1.35. The monoisotopic (exact) mass is 356 g/mol. The van der Waals surface area contributed by atoms with E-state index >= 15 is 0 Å². The molecule has 0 spiro atoms. The number of rotatable bonds is 4. The van der Waals surface area contributed by atoms with E-state index in [1.54, 1.807) is 6.92 Å². The molecule has 0 bridgehead atoms. The van der Waals surface area contributed by atoms with Crippen molar-refractivity contribution in [3.05, 3.63) is 40.9 Å². The Kier molecular flexibility index (Phi) is 5.10. The minimum absolute atomic E-state index is 0.0134. The normalized spacial score (nSPS) is 11.3. The first-order valence-electron chi connectivity index (χ1n) is 7.11. The molecule has 0 fully saturated rings. The van der Waals surface area contributed by atoms with Gasteiger partial charge in [-0.1, -0.05) is 5.16 Å². The summed E-state index contributed by atoms with van der Waals surface area (Å²) in [5, 5.41) is 6.03. The third-order valence-corrected chi connectivity index (χ3v) is 3.23. The Bertz CT molecular complexity index is 802. The smallest absolute Gasteiger partial charge is 0.360 e. The lowest BCUT2D eigenvalue weighted by Crippen LogP contribution is -2.35. The van der Waals surface area contributed by atoms with Crippen LogP contribution in [-0.2, 0) is 11.0 Å². The van der Waals surface area contributed by atoms with Gasteiger partial charge in [0.2, 0.25) is 5.91 Å². The third kappa shape index (κ3) is 4.55. The summed E-state index contributed by atoms with van der Waals surface area (Å²) in [6.45, 7) is 2.64. The molecule has 0 aliphatic rings. The molecule has 25 heavy (non-hydrogen) atoms. The van der Waals surface area contributed by atoms with Crippen LogP contribution >= 0.6 is 0 Å². The molecule has 0 aliphatic heterocycles. The van der Waals surface area contributed by atoms with Gasteiger partial charge < -0.3 is 14.7 Å². The van der Waals surface area contributed by atoms with Gasteiger partial charge in [-0.15, -0.1) is 0 Å². The summed E-state index contributed by atoms with van der Waals surface area (Å²) in [5.74, 6) is -0.436. The molecule has 2 aromatic rings. The summed E-state index contributed by atoms with van der Waals surface area (Å²) in [6, 6.07) is 3.28. The van der Waals surface area contributed by atoms with Crippen molar-refractivity contribution in [3.63, 3.8) is 0 Å². The van der Waals surface area contributed by atoms with E-state index in [-0.39, 0.29) is 23.6 Å². The molecule has 0 radical (unpaired) electrons. The molecule has 1 N–H and O–H groups in total. The van der Waals surface area contributed by atoms with Gasteiger partial charge >= 0.3 is 6.18 Å². The van der Waals surface area contributed by atoms with E-state index < -0.39 is 23.7 Å². The Morgan fingerprint density at radius 3 is 2.48 bits per heavy atom. The molecule has 0 aliphatic carbocycles. The van der Waals surface area contributed by atoms with E-state index in [0.717, 1.165) is 17.0 Å². The lowest BCUT2D eigenvalue weighted by molar-refractivity contribution is -0.141. The molecular formula is C15H15F3N4O3. The first-order chi connectivity index (χ1) is 11.6. The maximum atomic E-state index is 12.6. The summed E-state index contributed by atoms with van der Waals surface area (Å²) in [6.07, 6.45) is -4.59. The number of carbonyl (C=O) groups excluding carboxylic acids is 2. The van der Waals surface area contributed by atoms with Gasteiger partial charge in [0.1, 0.15) is 11.5 Å². The van der Waals surface area contributed by atoms with Crippen molar-refractivity contribution in [1.82, 2.24) is 15.0 Å². The van der Waals surface area contributed by atoms with Gasteiger partial charge in [0.25, 0.3) is 5.91 Å². The minimum atomic E-state index is -4.59. The van der Waals surface area contributed by atoms with E-state index in [9.17, 15) is 22.8 Å². The molecule has 2 aromatic heterocycles. The Labute approximate surface area is 140 Å². The molecule has 2 heterocycles. The maximum Gasteiger partial charge on any atom is 0.433 e. The van der Waals surface area contributed by atoms with Gasteiger partial charge in [-0.05, 0) is 26.0 Å². The van der Waals surface area contributed by atoms with E-state index in [0.29, 0.717) is 5.76 Å². The Morgan fingerprint density at radius 1 is 1.28 bits per heavy atom. The molecule has 2 rings (SSSR count). The molecule has 7 nitrogen and oxygen atoms in total. The number of amides is 2. The molecular weight excluding hydrogens is 341 g/mol. The third-order valence-electron chi connectivity index (χ3n) is 3.23. The number of anilines is 1. The predicted octanol–water partition coefficient (Wildman–Crippen LogP) is 2.42. The molecule has 0 saturated heterocycles. The van der Waals surface area contributed by atoms with Gasteiger partial charge in [-0.3, -0.25) is 9.59 Å². The Morgan fingerprint density at radius 2 is 1.96 bits per heavy atom. The fraction of sp³-hybridized carbons (Fsp3) is 0.333. The van der Waals surface area contributed by atoms with E-state index in [4.69, 9.17) is 4.52 Å². The topological polar surface area (TPSA) is 88.3 Å². The highest BCUT2D eigenvalue weighted by molar-refractivity contribution is 5.99. The summed E-state index contributed by atoms with van der Waals surface area (Å²) in [4.78, 5) is 28.7. The van der Waals surface area contributed by atoms with Crippen LogP contribution in [0.15, 0.2) is 22.7 Å². The second kappa shape index (κ2) is 6.91. The van der Waals surface area contributed by atoms with Crippen molar-refractivity contribution in [1.29, 1.82) is 0 Å². The van der Waals surface area contributed by atoms with Crippen molar-refractivity contribution in [3.8, 4) is 0 Å². The number of hydrogen-bond acceptors (Lipinski definition) is 5. The Hall–Kier alpha value is -2.91. The van der Waals surface area contributed by atoms with Crippen LogP contribution in [0, 0.1) is 13.8 Å². The lowest BCUT2D eigenvalue weighted by atomic mass is 10.1. The summed E-state index contributed by atoms with van der Waals surface area (Å²) < 4.78 is 42.6. The first kappa shape index (κ1) is 18.4. The van der Waals surface area contributed by atoms with Gasteiger partial charge in [0.15, 0.2) is 5.82 Å². The standard InChI is InChI=1S/C15H15F3N4O3/c1-8-6-12(21-25-8)20-13(23)7-22(3)14(24)10-4-5-11(15(16,17)18)19-9(10)2/h4-6H,7H2,1-3H3,(H,20,21,23). The molecule has 134 valence electrons. The van der Waals surface area contributed by atoms with Crippen LogP contribution in [-0.4, -0.2) is 40.4 Å². The van der Waals surface area contributed by atoms with Crippen LogP contribution in [0.5, 0.6) is 0 Å². The highest BCUT2D eigenvalue weighted by atomic mass is 19.4. The first-order valence-corrected chi connectivity index (χ1v) is 7.11. The second-order valence-electron chi connectivity index (χ2n) is 5.36. The van der Waals surface area contributed by atoms with Crippen molar-refractivity contribution >= 4 is 17.6 Å². The van der Waals surface area contributed by atoms with Crippen molar-refractivity contribution in [2.45, 2.75) is 20.0 Å². The second-order valence-corrected chi connectivity index (χ2v) is 5.36. The van der Waals surface area contributed by atoms with Gasteiger partial charge in [0.05, 0.1) is 17.8 Å². The molecule has 2 amide bonds. The van der Waals surface area contributed by atoms with E-state index in [1.165, 1.54) is 20.0 Å². The van der Waals surface area contributed by atoms with Gasteiger partial charge in [0, 0.05) is 13.1 Å². The number of likely N-dealkylation sites (N-methyl/N-ethyl adjacent to an activating group) is 1. The fourth-order valence-corrected chi connectivity index (χ4v) is 2.05. The van der Waals surface area contributed by atoms with Crippen LogP contribution in [0.3, 0.4) is 0 Å². The summed E-state index contributed by atoms with van der Waals surface area (Å²) in [5.41, 5.74) is -1.16. The fourth-order valence-electron chi connectivity index (χ4n) is 2.05. The molecule has 0 aromatic carbocycles. The van der Waals surface area contributed by atoms with Crippen molar-refractivity contribution in [2.75, 3.05) is 18.9 Å². The van der Waals surface area contributed by atoms with Crippen LogP contribution in [0.25, 0.3) is 0 Å². The van der Waals surface area contributed by atoms with Crippen LogP contribution in [0.1, 0.15) is 27.5 Å². The number of halogens is 3. The SMILES string of the molecule is Cc1cc(NC(=O)CN(C)C(=O)c2ccc(C(F)(F)F)nc2C)no1. The zero-order valence-corrected chi connectivity index (χ0v) is 13.6.